The number of hydrogen-bond acceptors (Lipinski definition) is 1. The Morgan fingerprint density at radius 2 is 0.661 bits per heavy atom. The van der Waals surface area contributed by atoms with Gasteiger partial charge in [0.1, 0.15) is 0 Å². The summed E-state index contributed by atoms with van der Waals surface area (Å²) in [4.78, 5) is 2.35. The van der Waals surface area contributed by atoms with Gasteiger partial charge in [-0.1, -0.05) is 176 Å². The van der Waals surface area contributed by atoms with E-state index in [9.17, 15) is 0 Å². The first-order valence-electron chi connectivity index (χ1n) is 19.2. The molecule has 0 atom stereocenters. The van der Waals surface area contributed by atoms with Gasteiger partial charge in [0.05, 0.1) is 11.0 Å². The highest BCUT2D eigenvalue weighted by atomic mass is 15.1. The highest BCUT2D eigenvalue weighted by Gasteiger charge is 2.18. The lowest BCUT2D eigenvalue weighted by atomic mass is 9.87. The second-order valence-electron chi connectivity index (χ2n) is 14.1. The van der Waals surface area contributed by atoms with Crippen LogP contribution in [0.3, 0.4) is 0 Å². The largest absolute Gasteiger partial charge is 0.310 e. The van der Waals surface area contributed by atoms with Gasteiger partial charge in [0.25, 0.3) is 0 Å². The number of hydrogen-bond donors (Lipinski definition) is 0. The third-order valence-electron chi connectivity index (χ3n) is 10.8. The fourth-order valence-corrected chi connectivity index (χ4v) is 8.30. The molecule has 56 heavy (non-hydrogen) atoms. The van der Waals surface area contributed by atoms with Crippen molar-refractivity contribution < 1.29 is 0 Å². The van der Waals surface area contributed by atoms with E-state index in [0.29, 0.717) is 0 Å². The molecule has 0 aliphatic rings. The molecule has 9 aromatic carbocycles. The minimum Gasteiger partial charge on any atom is -0.310 e. The van der Waals surface area contributed by atoms with Crippen LogP contribution in [0.4, 0.5) is 17.1 Å². The Labute approximate surface area is 327 Å². The predicted octanol–water partition coefficient (Wildman–Crippen LogP) is 14.9. The Morgan fingerprint density at radius 1 is 0.268 bits per heavy atom. The van der Waals surface area contributed by atoms with Crippen molar-refractivity contribution in [3.8, 4) is 50.2 Å². The van der Waals surface area contributed by atoms with Crippen molar-refractivity contribution >= 4 is 38.9 Å². The van der Waals surface area contributed by atoms with E-state index in [2.05, 4.69) is 240 Å². The summed E-state index contributed by atoms with van der Waals surface area (Å²) in [5.41, 5.74) is 16.5. The maximum absolute atomic E-state index is 2.38. The SMILES string of the molecule is c1ccc(-c2ccccc2-c2ccccc2-c2ccccc2-c2ccc(N(c3ccccc3)c3cccc(-n4c5ccccc5c5ccccc54)c3)cc2)cc1. The molecule has 2 heteroatoms. The molecule has 0 aliphatic heterocycles. The first-order chi connectivity index (χ1) is 27.8. The van der Waals surface area contributed by atoms with Crippen LogP contribution in [0, 0.1) is 0 Å². The number of benzene rings is 9. The highest BCUT2D eigenvalue weighted by molar-refractivity contribution is 6.09. The minimum atomic E-state index is 1.09. The first-order valence-corrected chi connectivity index (χ1v) is 19.2. The molecule has 264 valence electrons. The van der Waals surface area contributed by atoms with Crippen LogP contribution in [0.1, 0.15) is 0 Å². The Kier molecular flexibility index (Phi) is 8.55. The Balaban J connectivity index is 1.06. The van der Waals surface area contributed by atoms with Crippen molar-refractivity contribution in [2.75, 3.05) is 4.90 Å². The topological polar surface area (TPSA) is 8.17 Å². The van der Waals surface area contributed by atoms with Gasteiger partial charge in [-0.25, -0.2) is 0 Å². The van der Waals surface area contributed by atoms with Crippen molar-refractivity contribution in [2.24, 2.45) is 0 Å². The first kappa shape index (κ1) is 33.2. The van der Waals surface area contributed by atoms with Crippen LogP contribution in [0.5, 0.6) is 0 Å². The second-order valence-corrected chi connectivity index (χ2v) is 14.1. The van der Waals surface area contributed by atoms with Gasteiger partial charge in [0.2, 0.25) is 0 Å². The predicted molar refractivity (Wildman–Crippen MR) is 237 cm³/mol. The normalized spacial score (nSPS) is 11.2. The molecule has 1 heterocycles. The standard InChI is InChI=1S/C54H38N2/c1-3-18-39(19-4-1)45-24-7-9-26-47(45)49-28-11-12-29-50(49)48-27-10-8-25-46(48)40-34-36-42(37-35-40)55(41-20-5-2-6-21-41)43-22-17-23-44(38-43)56-53-32-15-13-30-51(53)52-31-14-16-33-54(52)56/h1-38H. The molecule has 0 fully saturated rings. The zero-order valence-electron chi connectivity index (χ0n) is 30.8. The lowest BCUT2D eigenvalue weighted by Crippen LogP contribution is -2.10. The molecule has 2 nitrogen and oxygen atoms in total. The minimum absolute atomic E-state index is 1.09. The van der Waals surface area contributed by atoms with E-state index < -0.39 is 0 Å². The lowest BCUT2D eigenvalue weighted by Gasteiger charge is -2.26. The van der Waals surface area contributed by atoms with Crippen LogP contribution in [-0.2, 0) is 0 Å². The van der Waals surface area contributed by atoms with Crippen LogP contribution in [0.15, 0.2) is 231 Å². The molecule has 0 saturated carbocycles. The second kappa shape index (κ2) is 14.4. The number of para-hydroxylation sites is 3. The number of aromatic nitrogens is 1. The average molecular weight is 715 g/mol. The molecule has 0 N–H and O–H groups in total. The monoisotopic (exact) mass is 714 g/mol. The van der Waals surface area contributed by atoms with Gasteiger partial charge in [-0.05, 0) is 99.1 Å². The van der Waals surface area contributed by atoms with Gasteiger partial charge in [-0.15, -0.1) is 0 Å². The third kappa shape index (κ3) is 5.95. The summed E-state index contributed by atoms with van der Waals surface area (Å²) in [5, 5.41) is 2.51. The third-order valence-corrected chi connectivity index (χ3v) is 10.8. The fourth-order valence-electron chi connectivity index (χ4n) is 8.30. The summed E-state index contributed by atoms with van der Waals surface area (Å²) in [6, 6.07) is 82.9. The molecular weight excluding hydrogens is 677 g/mol. The van der Waals surface area contributed by atoms with E-state index in [-0.39, 0.29) is 0 Å². The lowest BCUT2D eigenvalue weighted by molar-refractivity contribution is 1.17. The van der Waals surface area contributed by atoms with Crippen molar-refractivity contribution in [3.05, 3.63) is 231 Å². The smallest absolute Gasteiger partial charge is 0.0541 e. The van der Waals surface area contributed by atoms with Crippen LogP contribution in [-0.4, -0.2) is 4.57 Å². The van der Waals surface area contributed by atoms with Gasteiger partial charge in [-0.2, -0.15) is 0 Å². The molecule has 0 unspecified atom stereocenters. The van der Waals surface area contributed by atoms with Crippen molar-refractivity contribution in [2.45, 2.75) is 0 Å². The zero-order valence-corrected chi connectivity index (χ0v) is 30.8. The summed E-state index contributed by atoms with van der Waals surface area (Å²) >= 11 is 0. The average Bonchev–Trinajstić information content (AvgIpc) is 3.62. The quantitative estimate of drug-likeness (QED) is 0.152. The molecule has 0 saturated heterocycles. The molecule has 1 aromatic heterocycles. The van der Waals surface area contributed by atoms with Crippen molar-refractivity contribution in [1.29, 1.82) is 0 Å². The molecule has 10 aromatic rings. The van der Waals surface area contributed by atoms with Crippen molar-refractivity contribution in [3.63, 3.8) is 0 Å². The van der Waals surface area contributed by atoms with Gasteiger partial charge in [0.15, 0.2) is 0 Å². The van der Waals surface area contributed by atoms with Gasteiger partial charge < -0.3 is 9.47 Å². The maximum atomic E-state index is 2.38. The summed E-state index contributed by atoms with van der Waals surface area (Å²) < 4.78 is 2.38. The summed E-state index contributed by atoms with van der Waals surface area (Å²) in [6.07, 6.45) is 0. The van der Waals surface area contributed by atoms with E-state index in [0.717, 1.165) is 22.7 Å². The van der Waals surface area contributed by atoms with E-state index in [4.69, 9.17) is 0 Å². The van der Waals surface area contributed by atoms with Crippen LogP contribution in [0.2, 0.25) is 0 Å². The molecule has 0 bridgehead atoms. The van der Waals surface area contributed by atoms with Gasteiger partial charge in [0, 0.05) is 33.5 Å². The number of anilines is 3. The Hall–Kier alpha value is -7.42. The Morgan fingerprint density at radius 3 is 1.21 bits per heavy atom. The van der Waals surface area contributed by atoms with Crippen LogP contribution in [0.25, 0.3) is 72.0 Å². The zero-order chi connectivity index (χ0) is 37.3. The molecule has 0 radical (unpaired) electrons. The van der Waals surface area contributed by atoms with Gasteiger partial charge in [-0.3, -0.25) is 0 Å². The molecule has 0 spiro atoms. The molecule has 0 amide bonds. The van der Waals surface area contributed by atoms with E-state index in [1.807, 2.05) is 0 Å². The van der Waals surface area contributed by atoms with E-state index in [1.165, 1.54) is 66.3 Å². The molecular formula is C54H38N2. The maximum Gasteiger partial charge on any atom is 0.0541 e. The number of rotatable bonds is 8. The summed E-state index contributed by atoms with van der Waals surface area (Å²) in [6.45, 7) is 0. The highest BCUT2D eigenvalue weighted by Crippen LogP contribution is 2.43. The molecule has 0 aliphatic carbocycles. The van der Waals surface area contributed by atoms with Gasteiger partial charge >= 0.3 is 0 Å². The van der Waals surface area contributed by atoms with E-state index in [1.54, 1.807) is 0 Å². The Bertz CT molecular complexity index is 2910. The summed E-state index contributed by atoms with van der Waals surface area (Å²) in [5.74, 6) is 0. The number of fused-ring (bicyclic) bond motifs is 3. The molecule has 10 rings (SSSR count). The van der Waals surface area contributed by atoms with Crippen molar-refractivity contribution in [1.82, 2.24) is 4.57 Å². The van der Waals surface area contributed by atoms with E-state index >= 15 is 0 Å². The van der Waals surface area contributed by atoms with Crippen LogP contribution >= 0.6 is 0 Å². The van der Waals surface area contributed by atoms with Crippen LogP contribution < -0.4 is 4.90 Å². The fraction of sp³-hybridized carbons (Fsp3) is 0. The number of nitrogens with zero attached hydrogens (tertiary/aromatic N) is 2. The summed E-state index contributed by atoms with van der Waals surface area (Å²) in [7, 11) is 0.